The Morgan fingerprint density at radius 2 is 1.79 bits per heavy atom. The molecule has 2 aromatic carbocycles. The van der Waals surface area contributed by atoms with E-state index in [0.717, 1.165) is 24.6 Å². The zero-order chi connectivity index (χ0) is 20.3. The van der Waals surface area contributed by atoms with E-state index in [1.165, 1.54) is 0 Å². The first-order valence-corrected chi connectivity index (χ1v) is 9.33. The first kappa shape index (κ1) is 20.5. The number of amides is 2. The van der Waals surface area contributed by atoms with Crippen molar-refractivity contribution >= 4 is 46.4 Å². The van der Waals surface area contributed by atoms with Crippen molar-refractivity contribution < 1.29 is 18.4 Å². The number of benzene rings is 2. The van der Waals surface area contributed by atoms with E-state index in [2.05, 4.69) is 10.6 Å². The largest absolute Gasteiger partial charge is 0.325 e. The van der Waals surface area contributed by atoms with E-state index in [-0.39, 0.29) is 18.1 Å². The predicted molar refractivity (Wildman–Crippen MR) is 105 cm³/mol. The maximum absolute atomic E-state index is 13.7. The van der Waals surface area contributed by atoms with Crippen LogP contribution < -0.4 is 10.6 Å². The monoisotopic (exact) mass is 427 g/mol. The van der Waals surface area contributed by atoms with Crippen molar-refractivity contribution in [3.63, 3.8) is 0 Å². The van der Waals surface area contributed by atoms with Crippen LogP contribution in [0.3, 0.4) is 0 Å². The average molecular weight is 428 g/mol. The van der Waals surface area contributed by atoms with Crippen molar-refractivity contribution in [1.82, 2.24) is 4.90 Å². The summed E-state index contributed by atoms with van der Waals surface area (Å²) < 4.78 is 26.9. The first-order chi connectivity index (χ1) is 13.3. The average Bonchev–Trinajstić information content (AvgIpc) is 3.05. The van der Waals surface area contributed by atoms with Gasteiger partial charge in [0, 0.05) is 21.8 Å². The molecule has 0 aliphatic carbocycles. The van der Waals surface area contributed by atoms with Gasteiger partial charge in [0.15, 0.2) is 0 Å². The minimum absolute atomic E-state index is 0.121. The van der Waals surface area contributed by atoms with Gasteiger partial charge >= 0.3 is 0 Å². The topological polar surface area (TPSA) is 61.4 Å². The zero-order valence-electron chi connectivity index (χ0n) is 14.6. The standard InChI is InChI=1S/C19H17Cl2F2N3O2/c20-11-6-12(21)8-14(7-11)24-19(28)17-2-1-5-26(17)10-18(27)25-16-9-13(22)3-4-15(16)23/h3-4,6-9,17H,1-2,5,10H2,(H,24,28)(H,25,27). The van der Waals surface area contributed by atoms with Gasteiger partial charge in [-0.3, -0.25) is 14.5 Å². The van der Waals surface area contributed by atoms with Gasteiger partial charge in [0.2, 0.25) is 11.8 Å². The van der Waals surface area contributed by atoms with E-state index >= 15 is 0 Å². The number of anilines is 2. The molecular weight excluding hydrogens is 411 g/mol. The van der Waals surface area contributed by atoms with Gasteiger partial charge in [-0.15, -0.1) is 0 Å². The third-order valence-electron chi connectivity index (χ3n) is 4.35. The molecule has 1 saturated heterocycles. The maximum atomic E-state index is 13.7. The normalized spacial score (nSPS) is 16.8. The summed E-state index contributed by atoms with van der Waals surface area (Å²) >= 11 is 11.9. The number of nitrogens with zero attached hydrogens (tertiary/aromatic N) is 1. The molecule has 0 spiro atoms. The third-order valence-corrected chi connectivity index (χ3v) is 4.78. The molecule has 0 saturated carbocycles. The van der Waals surface area contributed by atoms with Crippen molar-refractivity contribution in [2.45, 2.75) is 18.9 Å². The predicted octanol–water partition coefficient (Wildman–Crippen LogP) is 4.31. The molecule has 1 aliphatic heterocycles. The van der Waals surface area contributed by atoms with Crippen LogP contribution in [0.5, 0.6) is 0 Å². The molecule has 1 heterocycles. The second-order valence-electron chi connectivity index (χ2n) is 6.45. The van der Waals surface area contributed by atoms with Gasteiger partial charge in [-0.2, -0.15) is 0 Å². The van der Waals surface area contributed by atoms with E-state index in [1.807, 2.05) is 0 Å². The highest BCUT2D eigenvalue weighted by Crippen LogP contribution is 2.24. The van der Waals surface area contributed by atoms with Crippen LogP contribution in [0.15, 0.2) is 36.4 Å². The number of halogens is 4. The molecule has 2 N–H and O–H groups in total. The molecule has 0 bridgehead atoms. The van der Waals surface area contributed by atoms with Crippen molar-refractivity contribution in [3.8, 4) is 0 Å². The van der Waals surface area contributed by atoms with Crippen LogP contribution in [-0.4, -0.2) is 35.8 Å². The van der Waals surface area contributed by atoms with E-state index < -0.39 is 23.6 Å². The van der Waals surface area contributed by atoms with Gasteiger partial charge in [-0.1, -0.05) is 23.2 Å². The highest BCUT2D eigenvalue weighted by molar-refractivity contribution is 6.35. The molecule has 0 radical (unpaired) electrons. The molecule has 1 aliphatic rings. The Kier molecular flexibility index (Phi) is 6.49. The molecule has 1 fully saturated rings. The molecule has 2 amide bonds. The zero-order valence-corrected chi connectivity index (χ0v) is 16.2. The molecule has 148 valence electrons. The summed E-state index contributed by atoms with van der Waals surface area (Å²) in [5.41, 5.74) is 0.222. The SMILES string of the molecule is O=C(CN1CCCC1C(=O)Nc1cc(Cl)cc(Cl)c1)Nc1cc(F)ccc1F. The fraction of sp³-hybridized carbons (Fsp3) is 0.263. The minimum Gasteiger partial charge on any atom is -0.325 e. The van der Waals surface area contributed by atoms with Gasteiger partial charge in [0.25, 0.3) is 0 Å². The summed E-state index contributed by atoms with van der Waals surface area (Å²) in [6.07, 6.45) is 1.30. The summed E-state index contributed by atoms with van der Waals surface area (Å²) in [4.78, 5) is 26.5. The van der Waals surface area contributed by atoms with Crippen LogP contribution in [0.1, 0.15) is 12.8 Å². The van der Waals surface area contributed by atoms with Crippen LogP contribution in [0.4, 0.5) is 20.2 Å². The number of carbonyl (C=O) groups excluding carboxylic acids is 2. The lowest BCUT2D eigenvalue weighted by Gasteiger charge is -2.23. The summed E-state index contributed by atoms with van der Waals surface area (Å²) in [5.74, 6) is -2.21. The van der Waals surface area contributed by atoms with Crippen molar-refractivity contribution in [1.29, 1.82) is 0 Å². The Bertz CT molecular complexity index is 890. The molecule has 1 unspecified atom stereocenters. The van der Waals surface area contributed by atoms with Crippen LogP contribution in [0.25, 0.3) is 0 Å². The van der Waals surface area contributed by atoms with Crippen LogP contribution in [0, 0.1) is 11.6 Å². The quantitative estimate of drug-likeness (QED) is 0.746. The van der Waals surface area contributed by atoms with Crippen LogP contribution >= 0.6 is 23.2 Å². The number of hydrogen-bond acceptors (Lipinski definition) is 3. The Labute approximate surface area is 170 Å². The Hall–Kier alpha value is -2.22. The molecule has 0 aromatic heterocycles. The smallest absolute Gasteiger partial charge is 0.241 e. The highest BCUT2D eigenvalue weighted by Gasteiger charge is 2.32. The fourth-order valence-corrected chi connectivity index (χ4v) is 3.66. The third kappa shape index (κ3) is 5.19. The summed E-state index contributed by atoms with van der Waals surface area (Å²) in [7, 11) is 0. The lowest BCUT2D eigenvalue weighted by molar-refractivity contribution is -0.122. The second kappa shape index (κ2) is 8.86. The van der Waals surface area contributed by atoms with Crippen LogP contribution in [-0.2, 0) is 9.59 Å². The van der Waals surface area contributed by atoms with Crippen LogP contribution in [0.2, 0.25) is 10.0 Å². The summed E-state index contributed by atoms with van der Waals surface area (Å²) in [6, 6.07) is 6.98. The fourth-order valence-electron chi connectivity index (χ4n) is 3.13. The van der Waals surface area contributed by atoms with Gasteiger partial charge < -0.3 is 10.6 Å². The van der Waals surface area contributed by atoms with Gasteiger partial charge in [-0.05, 0) is 49.7 Å². The Balaban J connectivity index is 1.62. The summed E-state index contributed by atoms with van der Waals surface area (Å²) in [5, 5.41) is 5.87. The molecule has 28 heavy (non-hydrogen) atoms. The molecule has 1 atom stereocenters. The van der Waals surface area contributed by atoms with E-state index in [4.69, 9.17) is 23.2 Å². The van der Waals surface area contributed by atoms with Crippen molar-refractivity contribution in [2.75, 3.05) is 23.7 Å². The molecule has 2 aromatic rings. The number of carbonyl (C=O) groups is 2. The highest BCUT2D eigenvalue weighted by atomic mass is 35.5. The maximum Gasteiger partial charge on any atom is 0.241 e. The first-order valence-electron chi connectivity index (χ1n) is 8.58. The van der Waals surface area contributed by atoms with Gasteiger partial charge in [0.05, 0.1) is 18.3 Å². The van der Waals surface area contributed by atoms with Gasteiger partial charge in [-0.25, -0.2) is 8.78 Å². The van der Waals surface area contributed by atoms with E-state index in [1.54, 1.807) is 23.1 Å². The number of hydrogen-bond donors (Lipinski definition) is 2. The molecule has 9 heteroatoms. The van der Waals surface area contributed by atoms with E-state index in [9.17, 15) is 18.4 Å². The Morgan fingerprint density at radius 1 is 1.07 bits per heavy atom. The summed E-state index contributed by atoms with van der Waals surface area (Å²) in [6.45, 7) is 0.414. The lowest BCUT2D eigenvalue weighted by Crippen LogP contribution is -2.43. The van der Waals surface area contributed by atoms with Gasteiger partial charge in [0.1, 0.15) is 11.6 Å². The second-order valence-corrected chi connectivity index (χ2v) is 7.32. The Morgan fingerprint density at radius 3 is 2.50 bits per heavy atom. The van der Waals surface area contributed by atoms with E-state index in [0.29, 0.717) is 28.7 Å². The number of rotatable bonds is 5. The molecule has 3 rings (SSSR count). The molecular formula is C19H17Cl2F2N3O2. The number of likely N-dealkylation sites (tertiary alicyclic amines) is 1. The van der Waals surface area contributed by atoms with Crippen molar-refractivity contribution in [3.05, 3.63) is 58.1 Å². The van der Waals surface area contributed by atoms with Crippen molar-refractivity contribution in [2.24, 2.45) is 0 Å². The minimum atomic E-state index is -0.733. The number of nitrogens with one attached hydrogen (secondary N) is 2. The molecule has 5 nitrogen and oxygen atoms in total. The lowest BCUT2D eigenvalue weighted by atomic mass is 10.2.